The lowest BCUT2D eigenvalue weighted by atomic mass is 9.98. The molecule has 0 bridgehead atoms. The van der Waals surface area contributed by atoms with Crippen LogP contribution < -0.4 is 5.66 Å². The Balaban J connectivity index is 2.06. The van der Waals surface area contributed by atoms with Crippen LogP contribution in [0.25, 0.3) is 11.3 Å². The van der Waals surface area contributed by atoms with Gasteiger partial charge in [0.2, 0.25) is 0 Å². The van der Waals surface area contributed by atoms with Crippen LogP contribution in [0.15, 0.2) is 28.7 Å². The Bertz CT molecular complexity index is 831. The van der Waals surface area contributed by atoms with Crippen molar-refractivity contribution in [3.05, 3.63) is 35.7 Å². The first-order chi connectivity index (χ1) is 13.6. The number of alkyl halides is 3. The van der Waals surface area contributed by atoms with Crippen molar-refractivity contribution in [3.8, 4) is 11.3 Å². The van der Waals surface area contributed by atoms with Crippen LogP contribution in [0.4, 0.5) is 13.2 Å². The van der Waals surface area contributed by atoms with E-state index in [2.05, 4.69) is 4.98 Å². The molecule has 1 aromatic carbocycles. The number of aryl methyl sites for hydroxylation is 1. The van der Waals surface area contributed by atoms with E-state index in [-0.39, 0.29) is 19.1 Å². The molecule has 156 valence electrons. The van der Waals surface area contributed by atoms with Gasteiger partial charge in [0.05, 0.1) is 24.4 Å². The van der Waals surface area contributed by atoms with E-state index >= 15 is 0 Å². The third-order valence-electron chi connectivity index (χ3n) is 4.14. The van der Waals surface area contributed by atoms with Crippen molar-refractivity contribution in [1.29, 1.82) is 0 Å². The molecule has 10 heteroatoms. The van der Waals surface area contributed by atoms with Crippen LogP contribution in [0.1, 0.15) is 31.7 Å². The number of halogens is 3. The maximum Gasteiger partial charge on any atom is 0.416 e. The third kappa shape index (κ3) is 6.96. The number of ether oxygens (including phenoxy) is 2. The van der Waals surface area contributed by atoms with E-state index in [1.54, 1.807) is 7.85 Å². The van der Waals surface area contributed by atoms with E-state index in [0.717, 1.165) is 12.1 Å². The summed E-state index contributed by atoms with van der Waals surface area (Å²) < 4.78 is 53.7. The van der Waals surface area contributed by atoms with Crippen LogP contribution in [-0.2, 0) is 31.7 Å². The predicted octanol–water partition coefficient (Wildman–Crippen LogP) is 2.29. The van der Waals surface area contributed by atoms with Gasteiger partial charge in [-0.15, -0.1) is 0 Å². The Kier molecular flexibility index (Phi) is 7.47. The number of esters is 2. The second kappa shape index (κ2) is 9.62. The molecule has 29 heavy (non-hydrogen) atoms. The molecule has 6 nitrogen and oxygen atoms in total. The van der Waals surface area contributed by atoms with Crippen LogP contribution in [0, 0.1) is 5.92 Å². The van der Waals surface area contributed by atoms with Gasteiger partial charge in [0, 0.05) is 31.7 Å². The zero-order valence-electron chi connectivity index (χ0n) is 16.3. The Hall–Kier alpha value is -2.78. The quantitative estimate of drug-likeness (QED) is 0.490. The van der Waals surface area contributed by atoms with Crippen molar-refractivity contribution in [2.75, 3.05) is 13.2 Å². The summed E-state index contributed by atoms with van der Waals surface area (Å²) in [7, 11) is 1.68. The molecular formula is C19H21BF3NO5. The summed E-state index contributed by atoms with van der Waals surface area (Å²) in [5.74, 6) is -0.707. The molecule has 0 atom stereocenters. The minimum atomic E-state index is -4.40. The maximum atomic E-state index is 12.7. The average Bonchev–Trinajstić information content (AvgIpc) is 3.00. The van der Waals surface area contributed by atoms with Gasteiger partial charge in [0.15, 0.2) is 13.7 Å². The number of aromatic nitrogens is 1. The Morgan fingerprint density at radius 2 is 1.66 bits per heavy atom. The van der Waals surface area contributed by atoms with E-state index in [1.807, 2.05) is 0 Å². The van der Waals surface area contributed by atoms with Gasteiger partial charge >= 0.3 is 18.1 Å². The number of hydrogen-bond acceptors (Lipinski definition) is 6. The third-order valence-corrected chi connectivity index (χ3v) is 4.14. The molecule has 0 aliphatic carbocycles. The molecule has 2 aromatic rings. The van der Waals surface area contributed by atoms with Crippen molar-refractivity contribution in [2.24, 2.45) is 5.92 Å². The lowest BCUT2D eigenvalue weighted by molar-refractivity contribution is -0.146. The molecule has 0 amide bonds. The largest absolute Gasteiger partial charge is 0.465 e. The summed E-state index contributed by atoms with van der Waals surface area (Å²) in [6.07, 6.45) is -3.54. The van der Waals surface area contributed by atoms with Gasteiger partial charge in [0.25, 0.3) is 0 Å². The van der Waals surface area contributed by atoms with E-state index in [1.165, 1.54) is 26.0 Å². The minimum absolute atomic E-state index is 0.0913. The highest BCUT2D eigenvalue weighted by Gasteiger charge is 2.30. The maximum absolute atomic E-state index is 12.7. The molecule has 0 spiro atoms. The molecule has 0 saturated carbocycles. The summed E-state index contributed by atoms with van der Waals surface area (Å²) in [5, 5.41) is 0. The van der Waals surface area contributed by atoms with Gasteiger partial charge in [-0.25, -0.2) is 4.98 Å². The molecule has 0 saturated heterocycles. The average molecular weight is 411 g/mol. The standard InChI is InChI=1S/C19H21BF3NO5/c1-11(25)27-9-13(10-28-12(2)26)3-8-16-24-17(18(20)29-16)14-4-6-15(7-5-14)19(21,22)23/h4-7,13H,3,8-10,20H2,1-2H3. The van der Waals surface area contributed by atoms with E-state index in [4.69, 9.17) is 13.9 Å². The topological polar surface area (TPSA) is 78.6 Å². The Morgan fingerprint density at radius 3 is 2.14 bits per heavy atom. The summed E-state index contributed by atoms with van der Waals surface area (Å²) >= 11 is 0. The molecule has 0 radical (unpaired) electrons. The highest BCUT2D eigenvalue weighted by atomic mass is 19.4. The summed E-state index contributed by atoms with van der Waals surface area (Å²) in [5.41, 5.74) is 0.727. The molecule has 0 unspecified atom stereocenters. The van der Waals surface area contributed by atoms with Gasteiger partial charge in [-0.3, -0.25) is 9.59 Å². The lowest BCUT2D eigenvalue weighted by Crippen LogP contribution is -2.20. The first-order valence-electron chi connectivity index (χ1n) is 8.97. The fourth-order valence-corrected chi connectivity index (χ4v) is 2.66. The van der Waals surface area contributed by atoms with Crippen LogP contribution >= 0.6 is 0 Å². The zero-order chi connectivity index (χ0) is 21.6. The first-order valence-corrected chi connectivity index (χ1v) is 8.97. The molecule has 1 heterocycles. The highest BCUT2D eigenvalue weighted by Crippen LogP contribution is 2.30. The number of carbonyl (C=O) groups excluding carboxylic acids is 2. The zero-order valence-corrected chi connectivity index (χ0v) is 16.3. The lowest BCUT2D eigenvalue weighted by Gasteiger charge is -2.15. The summed E-state index contributed by atoms with van der Waals surface area (Å²) in [6, 6.07) is 4.69. The van der Waals surface area contributed by atoms with Crippen molar-refractivity contribution >= 4 is 25.4 Å². The molecular weight excluding hydrogens is 390 g/mol. The minimum Gasteiger partial charge on any atom is -0.465 e. The number of benzene rings is 1. The highest BCUT2D eigenvalue weighted by molar-refractivity contribution is 6.33. The molecule has 0 aliphatic rings. The van der Waals surface area contributed by atoms with Crippen molar-refractivity contribution in [2.45, 2.75) is 32.9 Å². The van der Waals surface area contributed by atoms with Gasteiger partial charge < -0.3 is 13.9 Å². The monoisotopic (exact) mass is 411 g/mol. The first kappa shape index (κ1) is 22.5. The van der Waals surface area contributed by atoms with Gasteiger partial charge in [-0.2, -0.15) is 13.2 Å². The Labute approximate surface area is 166 Å². The fourth-order valence-electron chi connectivity index (χ4n) is 2.66. The predicted molar refractivity (Wildman–Crippen MR) is 100 cm³/mol. The number of rotatable bonds is 8. The summed E-state index contributed by atoms with van der Waals surface area (Å²) in [4.78, 5) is 26.4. The van der Waals surface area contributed by atoms with Crippen molar-refractivity contribution in [3.63, 3.8) is 0 Å². The molecule has 1 aromatic heterocycles. The number of hydrogen-bond donors (Lipinski definition) is 0. The van der Waals surface area contributed by atoms with Gasteiger partial charge in [0.1, 0.15) is 5.69 Å². The van der Waals surface area contributed by atoms with E-state index in [0.29, 0.717) is 35.6 Å². The molecule has 2 rings (SSSR count). The van der Waals surface area contributed by atoms with Crippen LogP contribution in [0.2, 0.25) is 0 Å². The van der Waals surface area contributed by atoms with Gasteiger partial charge in [-0.05, 0) is 18.6 Å². The SMILES string of the molecule is Bc1oc(CCC(COC(C)=O)COC(C)=O)nc1-c1ccc(C(F)(F)F)cc1. The molecule has 0 aliphatic heterocycles. The van der Waals surface area contributed by atoms with E-state index < -0.39 is 23.7 Å². The number of carbonyl (C=O) groups is 2. The Morgan fingerprint density at radius 1 is 1.10 bits per heavy atom. The van der Waals surface area contributed by atoms with Gasteiger partial charge in [-0.1, -0.05) is 12.1 Å². The second-order valence-corrected chi connectivity index (χ2v) is 6.60. The normalized spacial score (nSPS) is 11.5. The smallest absolute Gasteiger partial charge is 0.416 e. The molecule has 0 fully saturated rings. The van der Waals surface area contributed by atoms with Crippen molar-refractivity contribution < 1.29 is 36.7 Å². The van der Waals surface area contributed by atoms with Crippen LogP contribution in [0.3, 0.4) is 0 Å². The van der Waals surface area contributed by atoms with Crippen LogP contribution in [0.5, 0.6) is 0 Å². The number of oxazole rings is 1. The second-order valence-electron chi connectivity index (χ2n) is 6.60. The van der Waals surface area contributed by atoms with E-state index in [9.17, 15) is 22.8 Å². The van der Waals surface area contributed by atoms with Crippen molar-refractivity contribution in [1.82, 2.24) is 4.98 Å². The summed E-state index contributed by atoms with van der Waals surface area (Å²) in [6.45, 7) is 2.76. The number of nitrogens with zero attached hydrogens (tertiary/aromatic N) is 1. The van der Waals surface area contributed by atoms with Crippen LogP contribution in [-0.4, -0.2) is 38.0 Å². The molecule has 0 N–H and O–H groups in total. The fraction of sp³-hybridized carbons (Fsp3) is 0.421.